The standard InChI is InChI=1S/C12H13IN2O5/c1-7(4-11(16)17)6-14-12(18)9-5-8(15(19)20)2-3-10(9)13/h2-3,5,7H,4,6H2,1H3,(H,14,18)(H,16,17). The number of halogens is 1. The van der Waals surface area contributed by atoms with E-state index in [1.165, 1.54) is 18.2 Å². The molecule has 1 rings (SSSR count). The lowest BCUT2D eigenvalue weighted by molar-refractivity contribution is -0.384. The number of nitrogens with one attached hydrogen (secondary N) is 1. The Hall–Kier alpha value is -1.71. The number of amides is 1. The van der Waals surface area contributed by atoms with Crippen LogP contribution in [0.1, 0.15) is 23.7 Å². The van der Waals surface area contributed by atoms with E-state index >= 15 is 0 Å². The molecule has 1 aromatic rings. The molecule has 0 saturated carbocycles. The maximum Gasteiger partial charge on any atom is 0.303 e. The van der Waals surface area contributed by atoms with Crippen molar-refractivity contribution < 1.29 is 19.6 Å². The van der Waals surface area contributed by atoms with Gasteiger partial charge in [-0.15, -0.1) is 0 Å². The van der Waals surface area contributed by atoms with Gasteiger partial charge in [0.15, 0.2) is 0 Å². The zero-order valence-electron chi connectivity index (χ0n) is 10.6. The molecule has 2 N–H and O–H groups in total. The smallest absolute Gasteiger partial charge is 0.303 e. The summed E-state index contributed by atoms with van der Waals surface area (Å²) in [7, 11) is 0. The van der Waals surface area contributed by atoms with Crippen molar-refractivity contribution in [2.75, 3.05) is 6.54 Å². The first-order chi connectivity index (χ1) is 9.31. The fourth-order valence-corrected chi connectivity index (χ4v) is 2.11. The van der Waals surface area contributed by atoms with Gasteiger partial charge in [-0.2, -0.15) is 0 Å². The van der Waals surface area contributed by atoms with Crippen LogP contribution in [-0.2, 0) is 4.79 Å². The van der Waals surface area contributed by atoms with E-state index in [2.05, 4.69) is 5.32 Å². The third-order valence-electron chi connectivity index (χ3n) is 2.54. The number of carboxylic acid groups (broad SMARTS) is 1. The number of hydrogen-bond donors (Lipinski definition) is 2. The van der Waals surface area contributed by atoms with E-state index in [9.17, 15) is 19.7 Å². The Kier molecular flexibility index (Phi) is 5.86. The minimum absolute atomic E-state index is 0.0493. The molecular formula is C12H13IN2O5. The predicted octanol–water partition coefficient (Wildman–Crippen LogP) is 2.04. The van der Waals surface area contributed by atoms with Gasteiger partial charge in [-0.1, -0.05) is 6.92 Å². The average molecular weight is 392 g/mol. The average Bonchev–Trinajstić information content (AvgIpc) is 2.35. The van der Waals surface area contributed by atoms with E-state index in [4.69, 9.17) is 5.11 Å². The fourth-order valence-electron chi connectivity index (χ4n) is 1.53. The van der Waals surface area contributed by atoms with Crippen LogP contribution >= 0.6 is 22.6 Å². The van der Waals surface area contributed by atoms with Gasteiger partial charge in [0.2, 0.25) is 0 Å². The topological polar surface area (TPSA) is 110 Å². The van der Waals surface area contributed by atoms with Gasteiger partial charge >= 0.3 is 5.97 Å². The fraction of sp³-hybridized carbons (Fsp3) is 0.333. The number of carbonyl (C=O) groups is 2. The quantitative estimate of drug-likeness (QED) is 0.438. The minimum atomic E-state index is -0.934. The van der Waals surface area contributed by atoms with Gasteiger partial charge in [-0.3, -0.25) is 19.7 Å². The molecule has 1 atom stereocenters. The maximum absolute atomic E-state index is 11.9. The SMILES string of the molecule is CC(CNC(=O)c1cc([N+](=O)[O-])ccc1I)CC(=O)O. The van der Waals surface area contributed by atoms with Crippen molar-refractivity contribution in [3.63, 3.8) is 0 Å². The first-order valence-electron chi connectivity index (χ1n) is 5.75. The predicted molar refractivity (Wildman–Crippen MR) is 79.6 cm³/mol. The molecule has 0 fully saturated rings. The lowest BCUT2D eigenvalue weighted by Gasteiger charge is -2.11. The van der Waals surface area contributed by atoms with Crippen molar-refractivity contribution in [2.24, 2.45) is 5.92 Å². The summed E-state index contributed by atoms with van der Waals surface area (Å²) in [4.78, 5) is 32.6. The zero-order valence-corrected chi connectivity index (χ0v) is 12.8. The van der Waals surface area contributed by atoms with Crippen LogP contribution < -0.4 is 5.32 Å². The van der Waals surface area contributed by atoms with Crippen LogP contribution in [0.2, 0.25) is 0 Å². The molecule has 0 radical (unpaired) electrons. The van der Waals surface area contributed by atoms with Crippen molar-refractivity contribution in [1.29, 1.82) is 0 Å². The summed E-state index contributed by atoms with van der Waals surface area (Å²) in [5.41, 5.74) is 0.0523. The van der Waals surface area contributed by atoms with Gasteiger partial charge in [0.25, 0.3) is 11.6 Å². The van der Waals surface area contributed by atoms with E-state index in [-0.39, 0.29) is 30.1 Å². The monoisotopic (exact) mass is 392 g/mol. The molecule has 0 aliphatic carbocycles. The molecule has 0 saturated heterocycles. The van der Waals surface area contributed by atoms with Crippen LogP contribution in [0.15, 0.2) is 18.2 Å². The molecule has 0 bridgehead atoms. The molecule has 108 valence electrons. The molecular weight excluding hydrogens is 379 g/mol. The number of aliphatic carboxylic acids is 1. The first kappa shape index (κ1) is 16.3. The summed E-state index contributed by atoms with van der Waals surface area (Å²) in [6.45, 7) is 1.90. The Labute approximate surface area is 128 Å². The van der Waals surface area contributed by atoms with Crippen LogP contribution in [-0.4, -0.2) is 28.5 Å². The van der Waals surface area contributed by atoms with Crippen LogP contribution in [0.25, 0.3) is 0 Å². The Morgan fingerprint density at radius 1 is 1.50 bits per heavy atom. The van der Waals surface area contributed by atoms with Crippen molar-refractivity contribution in [1.82, 2.24) is 5.32 Å². The number of non-ortho nitro benzene ring substituents is 1. The van der Waals surface area contributed by atoms with Crippen molar-refractivity contribution in [3.05, 3.63) is 37.4 Å². The van der Waals surface area contributed by atoms with Gasteiger partial charge in [0.1, 0.15) is 0 Å². The van der Waals surface area contributed by atoms with Crippen LogP contribution in [0.4, 0.5) is 5.69 Å². The molecule has 8 heteroatoms. The molecule has 20 heavy (non-hydrogen) atoms. The largest absolute Gasteiger partial charge is 0.481 e. The molecule has 1 aromatic carbocycles. The second-order valence-corrected chi connectivity index (χ2v) is 5.50. The van der Waals surface area contributed by atoms with E-state index in [1.54, 1.807) is 6.92 Å². The third-order valence-corrected chi connectivity index (χ3v) is 3.48. The number of nitrogens with zero attached hydrogens (tertiary/aromatic N) is 1. The van der Waals surface area contributed by atoms with E-state index in [0.717, 1.165) is 0 Å². The normalized spacial score (nSPS) is 11.7. The Balaban J connectivity index is 2.74. The summed E-state index contributed by atoms with van der Waals surface area (Å²) >= 11 is 1.92. The van der Waals surface area contributed by atoms with E-state index in [0.29, 0.717) is 3.57 Å². The summed E-state index contributed by atoms with van der Waals surface area (Å²) in [5, 5.41) is 21.9. The lowest BCUT2D eigenvalue weighted by Crippen LogP contribution is -2.29. The van der Waals surface area contributed by atoms with Gasteiger partial charge in [0, 0.05) is 28.7 Å². The Morgan fingerprint density at radius 2 is 2.15 bits per heavy atom. The molecule has 0 aliphatic heterocycles. The highest BCUT2D eigenvalue weighted by Crippen LogP contribution is 2.19. The van der Waals surface area contributed by atoms with Crippen LogP contribution in [0.3, 0.4) is 0 Å². The van der Waals surface area contributed by atoms with Crippen molar-refractivity contribution >= 4 is 40.2 Å². The molecule has 0 heterocycles. The van der Waals surface area contributed by atoms with Crippen molar-refractivity contribution in [2.45, 2.75) is 13.3 Å². The van der Waals surface area contributed by atoms with E-state index < -0.39 is 16.8 Å². The highest BCUT2D eigenvalue weighted by Gasteiger charge is 2.16. The van der Waals surface area contributed by atoms with Crippen molar-refractivity contribution in [3.8, 4) is 0 Å². The van der Waals surface area contributed by atoms with Gasteiger partial charge < -0.3 is 10.4 Å². The van der Waals surface area contributed by atoms with Gasteiger partial charge in [-0.05, 0) is 34.6 Å². The van der Waals surface area contributed by atoms with Gasteiger partial charge in [-0.25, -0.2) is 0 Å². The molecule has 1 unspecified atom stereocenters. The third kappa shape index (κ3) is 4.76. The number of rotatable bonds is 6. The zero-order chi connectivity index (χ0) is 15.3. The molecule has 0 spiro atoms. The van der Waals surface area contributed by atoms with E-state index in [1.807, 2.05) is 22.6 Å². The number of benzene rings is 1. The number of nitro groups is 1. The highest BCUT2D eigenvalue weighted by molar-refractivity contribution is 14.1. The number of carbonyl (C=O) groups excluding carboxylic acids is 1. The summed E-state index contributed by atoms with van der Waals surface area (Å²) in [6.07, 6.45) is -0.0493. The Bertz CT molecular complexity index is 547. The number of nitro benzene ring substituents is 1. The van der Waals surface area contributed by atoms with Gasteiger partial charge in [0.05, 0.1) is 10.5 Å². The first-order valence-corrected chi connectivity index (χ1v) is 6.83. The maximum atomic E-state index is 11.9. The summed E-state index contributed by atoms with van der Waals surface area (Å²) in [5.74, 6) is -1.60. The second kappa shape index (κ2) is 7.17. The minimum Gasteiger partial charge on any atom is -0.481 e. The second-order valence-electron chi connectivity index (χ2n) is 4.33. The highest BCUT2D eigenvalue weighted by atomic mass is 127. The number of hydrogen-bond acceptors (Lipinski definition) is 4. The van der Waals surface area contributed by atoms with Crippen LogP contribution in [0.5, 0.6) is 0 Å². The summed E-state index contributed by atoms with van der Waals surface area (Å²) in [6, 6.07) is 4.03. The summed E-state index contributed by atoms with van der Waals surface area (Å²) < 4.78 is 0.594. The molecule has 1 amide bonds. The lowest BCUT2D eigenvalue weighted by atomic mass is 10.1. The number of carboxylic acids is 1. The molecule has 0 aromatic heterocycles. The molecule has 7 nitrogen and oxygen atoms in total. The van der Waals surface area contributed by atoms with Crippen LogP contribution in [0, 0.1) is 19.6 Å². The Morgan fingerprint density at radius 3 is 2.70 bits per heavy atom. The molecule has 0 aliphatic rings.